The Kier molecular flexibility index (Phi) is 4.74. The minimum atomic E-state index is -0.539. The van der Waals surface area contributed by atoms with E-state index in [2.05, 4.69) is 5.32 Å². The molecule has 0 aromatic heterocycles. The van der Waals surface area contributed by atoms with Crippen LogP contribution < -0.4 is 15.8 Å². The van der Waals surface area contributed by atoms with Crippen LogP contribution in [0.25, 0.3) is 0 Å². The van der Waals surface area contributed by atoms with Crippen molar-refractivity contribution in [2.75, 3.05) is 7.11 Å². The molecule has 0 unspecified atom stereocenters. The van der Waals surface area contributed by atoms with Gasteiger partial charge in [0.1, 0.15) is 0 Å². The first-order chi connectivity index (χ1) is 10.0. The van der Waals surface area contributed by atoms with Crippen molar-refractivity contribution in [3.05, 3.63) is 33.9 Å². The van der Waals surface area contributed by atoms with E-state index in [0.29, 0.717) is 5.56 Å². The van der Waals surface area contributed by atoms with Crippen LogP contribution in [0.2, 0.25) is 0 Å². The van der Waals surface area contributed by atoms with Crippen LogP contribution in [0, 0.1) is 10.1 Å². The SMILES string of the molecule is COc1cc(C(=O)NC2CCC(N)CC2)ccc1[N+](=O)[O-]. The minimum absolute atomic E-state index is 0.0818. The molecule has 0 aliphatic heterocycles. The van der Waals surface area contributed by atoms with E-state index in [-0.39, 0.29) is 29.4 Å². The van der Waals surface area contributed by atoms with E-state index in [1.165, 1.54) is 25.3 Å². The third kappa shape index (κ3) is 3.69. The van der Waals surface area contributed by atoms with Crippen molar-refractivity contribution >= 4 is 11.6 Å². The normalized spacial score (nSPS) is 21.6. The number of carbonyl (C=O) groups excluding carboxylic acids is 1. The van der Waals surface area contributed by atoms with Gasteiger partial charge in [-0.05, 0) is 31.7 Å². The molecule has 21 heavy (non-hydrogen) atoms. The second kappa shape index (κ2) is 6.53. The first-order valence-corrected chi connectivity index (χ1v) is 6.90. The average molecular weight is 293 g/mol. The number of nitro benzene ring substituents is 1. The van der Waals surface area contributed by atoms with Crippen LogP contribution in [0.4, 0.5) is 5.69 Å². The molecule has 0 heterocycles. The summed E-state index contributed by atoms with van der Waals surface area (Å²) in [6.45, 7) is 0. The number of carbonyl (C=O) groups is 1. The van der Waals surface area contributed by atoms with Crippen LogP contribution in [0.5, 0.6) is 5.75 Å². The lowest BCUT2D eigenvalue weighted by Gasteiger charge is -2.26. The lowest BCUT2D eigenvalue weighted by Crippen LogP contribution is -2.40. The summed E-state index contributed by atoms with van der Waals surface area (Å²) < 4.78 is 4.96. The molecule has 1 aromatic rings. The van der Waals surface area contributed by atoms with Gasteiger partial charge in [0.15, 0.2) is 5.75 Å². The van der Waals surface area contributed by atoms with E-state index in [0.717, 1.165) is 25.7 Å². The van der Waals surface area contributed by atoms with Crippen LogP contribution in [0.1, 0.15) is 36.0 Å². The highest BCUT2D eigenvalue weighted by Gasteiger charge is 2.22. The number of methoxy groups -OCH3 is 1. The average Bonchev–Trinajstić information content (AvgIpc) is 2.48. The van der Waals surface area contributed by atoms with Gasteiger partial charge in [0, 0.05) is 29.8 Å². The summed E-state index contributed by atoms with van der Waals surface area (Å²) in [6, 6.07) is 4.44. The highest BCUT2D eigenvalue weighted by molar-refractivity contribution is 5.95. The third-order valence-corrected chi connectivity index (χ3v) is 3.75. The van der Waals surface area contributed by atoms with Crippen LogP contribution in [0.15, 0.2) is 18.2 Å². The van der Waals surface area contributed by atoms with E-state index >= 15 is 0 Å². The van der Waals surface area contributed by atoms with E-state index in [1.54, 1.807) is 0 Å². The summed E-state index contributed by atoms with van der Waals surface area (Å²) in [5, 5.41) is 13.8. The highest BCUT2D eigenvalue weighted by Crippen LogP contribution is 2.27. The van der Waals surface area contributed by atoms with Gasteiger partial charge in [-0.3, -0.25) is 14.9 Å². The molecule has 7 heteroatoms. The second-order valence-corrected chi connectivity index (χ2v) is 5.23. The van der Waals surface area contributed by atoms with Crippen molar-refractivity contribution in [3.8, 4) is 5.75 Å². The van der Waals surface area contributed by atoms with Gasteiger partial charge >= 0.3 is 5.69 Å². The molecule has 1 aromatic carbocycles. The molecule has 1 fully saturated rings. The third-order valence-electron chi connectivity index (χ3n) is 3.75. The summed E-state index contributed by atoms with van der Waals surface area (Å²) in [7, 11) is 1.34. The molecule has 1 aliphatic carbocycles. The molecule has 1 saturated carbocycles. The number of nitrogens with one attached hydrogen (secondary N) is 1. The van der Waals surface area contributed by atoms with Gasteiger partial charge in [-0.1, -0.05) is 0 Å². The zero-order chi connectivity index (χ0) is 15.4. The van der Waals surface area contributed by atoms with E-state index in [4.69, 9.17) is 10.5 Å². The predicted molar refractivity (Wildman–Crippen MR) is 77.3 cm³/mol. The fraction of sp³-hybridized carbons (Fsp3) is 0.500. The van der Waals surface area contributed by atoms with Crippen molar-refractivity contribution in [2.24, 2.45) is 5.73 Å². The molecule has 3 N–H and O–H groups in total. The number of benzene rings is 1. The zero-order valence-corrected chi connectivity index (χ0v) is 11.9. The fourth-order valence-electron chi connectivity index (χ4n) is 2.50. The Bertz CT molecular complexity index is 539. The van der Waals surface area contributed by atoms with Crippen molar-refractivity contribution in [3.63, 3.8) is 0 Å². The van der Waals surface area contributed by atoms with Gasteiger partial charge in [0.2, 0.25) is 0 Å². The monoisotopic (exact) mass is 293 g/mol. The summed E-state index contributed by atoms with van der Waals surface area (Å²) in [4.78, 5) is 22.5. The number of rotatable bonds is 4. The van der Waals surface area contributed by atoms with Crippen molar-refractivity contribution in [1.29, 1.82) is 0 Å². The van der Waals surface area contributed by atoms with Crippen molar-refractivity contribution < 1.29 is 14.5 Å². The maximum atomic E-state index is 12.2. The first-order valence-electron chi connectivity index (χ1n) is 6.90. The molecular formula is C14H19N3O4. The minimum Gasteiger partial charge on any atom is -0.490 e. The smallest absolute Gasteiger partial charge is 0.310 e. The number of amides is 1. The van der Waals surface area contributed by atoms with Crippen LogP contribution in [-0.4, -0.2) is 30.0 Å². The number of hydrogen-bond acceptors (Lipinski definition) is 5. The Morgan fingerprint density at radius 3 is 2.62 bits per heavy atom. The predicted octanol–water partition coefficient (Wildman–Crippen LogP) is 1.60. The molecule has 0 spiro atoms. The highest BCUT2D eigenvalue weighted by atomic mass is 16.6. The summed E-state index contributed by atoms with van der Waals surface area (Å²) in [5.74, 6) is -0.165. The lowest BCUT2D eigenvalue weighted by molar-refractivity contribution is -0.385. The number of nitrogens with two attached hydrogens (primary N) is 1. The maximum absolute atomic E-state index is 12.2. The number of nitrogens with zero attached hydrogens (tertiary/aromatic N) is 1. The Hall–Kier alpha value is -2.15. The number of nitro groups is 1. The molecule has 2 rings (SSSR count). The van der Waals surface area contributed by atoms with Gasteiger partial charge < -0.3 is 15.8 Å². The van der Waals surface area contributed by atoms with Gasteiger partial charge in [-0.2, -0.15) is 0 Å². The Labute approximate surface area is 122 Å². The van der Waals surface area contributed by atoms with Gasteiger partial charge in [0.25, 0.3) is 5.91 Å². The Morgan fingerprint density at radius 2 is 2.05 bits per heavy atom. The van der Waals surface area contributed by atoms with E-state index < -0.39 is 4.92 Å². The second-order valence-electron chi connectivity index (χ2n) is 5.23. The van der Waals surface area contributed by atoms with E-state index in [9.17, 15) is 14.9 Å². The van der Waals surface area contributed by atoms with Gasteiger partial charge in [0.05, 0.1) is 12.0 Å². The quantitative estimate of drug-likeness (QED) is 0.647. The molecule has 0 bridgehead atoms. The molecule has 1 aliphatic rings. The fourth-order valence-corrected chi connectivity index (χ4v) is 2.50. The molecule has 0 radical (unpaired) electrons. The van der Waals surface area contributed by atoms with Crippen LogP contribution >= 0.6 is 0 Å². The summed E-state index contributed by atoms with van der Waals surface area (Å²) >= 11 is 0. The molecule has 0 atom stereocenters. The van der Waals surface area contributed by atoms with E-state index in [1.807, 2.05) is 0 Å². The number of hydrogen-bond donors (Lipinski definition) is 2. The van der Waals surface area contributed by atoms with Crippen molar-refractivity contribution in [1.82, 2.24) is 5.32 Å². The topological polar surface area (TPSA) is 107 Å². The van der Waals surface area contributed by atoms with Crippen LogP contribution in [0.3, 0.4) is 0 Å². The Balaban J connectivity index is 2.07. The van der Waals surface area contributed by atoms with Gasteiger partial charge in [-0.25, -0.2) is 0 Å². The Morgan fingerprint density at radius 1 is 1.38 bits per heavy atom. The van der Waals surface area contributed by atoms with Crippen LogP contribution in [-0.2, 0) is 0 Å². The molecule has 7 nitrogen and oxygen atoms in total. The molecule has 0 saturated heterocycles. The summed E-state index contributed by atoms with van der Waals surface area (Å²) in [5.41, 5.74) is 6.03. The van der Waals surface area contributed by atoms with Gasteiger partial charge in [-0.15, -0.1) is 0 Å². The van der Waals surface area contributed by atoms with Crippen molar-refractivity contribution in [2.45, 2.75) is 37.8 Å². The zero-order valence-electron chi connectivity index (χ0n) is 11.9. The molecular weight excluding hydrogens is 274 g/mol. The standard InChI is InChI=1S/C14H19N3O4/c1-21-13-8-9(2-7-12(13)17(19)20)14(18)16-11-5-3-10(15)4-6-11/h2,7-8,10-11H,3-6,15H2,1H3,(H,16,18). The lowest BCUT2D eigenvalue weighted by atomic mass is 9.91. The molecule has 114 valence electrons. The number of ether oxygens (including phenoxy) is 1. The molecule has 1 amide bonds. The largest absolute Gasteiger partial charge is 0.490 e. The first kappa shape index (κ1) is 15.2. The summed E-state index contributed by atoms with van der Waals surface area (Å²) in [6.07, 6.45) is 3.51. The maximum Gasteiger partial charge on any atom is 0.310 e.